The Morgan fingerprint density at radius 1 is 1.62 bits per heavy atom. The fourth-order valence-electron chi connectivity index (χ4n) is 2.41. The predicted octanol–water partition coefficient (Wildman–Crippen LogP) is 0.747. The maximum atomic E-state index is 11.8. The molecule has 0 saturated carbocycles. The Balaban J connectivity index is 2.24. The molecular weight excluding hydrogens is 278 g/mol. The van der Waals surface area contributed by atoms with Gasteiger partial charge < -0.3 is 15.4 Å². The van der Waals surface area contributed by atoms with Gasteiger partial charge in [0.1, 0.15) is 6.33 Å². The van der Waals surface area contributed by atoms with E-state index in [1.54, 1.807) is 11.8 Å². The maximum Gasteiger partial charge on any atom is 0.353 e. The molecular formula is C12H17N5O4. The fraction of sp³-hybridized carbons (Fsp3) is 0.583. The SMILES string of the molecule is CCOC(=O)C1CCCN(c2ncnc(N)c2[N+](=O)[O-])C1. The quantitative estimate of drug-likeness (QED) is 0.490. The van der Waals surface area contributed by atoms with Gasteiger partial charge in [-0.25, -0.2) is 9.97 Å². The summed E-state index contributed by atoms with van der Waals surface area (Å²) >= 11 is 0. The fourth-order valence-corrected chi connectivity index (χ4v) is 2.41. The number of ether oxygens (including phenoxy) is 1. The Bertz CT molecular complexity index is 550. The summed E-state index contributed by atoms with van der Waals surface area (Å²) in [5.74, 6) is -0.619. The van der Waals surface area contributed by atoms with Crippen molar-refractivity contribution in [1.82, 2.24) is 9.97 Å². The number of piperidine rings is 1. The van der Waals surface area contributed by atoms with Crippen molar-refractivity contribution in [3.05, 3.63) is 16.4 Å². The predicted molar refractivity (Wildman–Crippen MR) is 74.7 cm³/mol. The zero-order chi connectivity index (χ0) is 15.4. The molecule has 1 aliphatic rings. The molecule has 1 saturated heterocycles. The molecule has 114 valence electrons. The number of esters is 1. The maximum absolute atomic E-state index is 11.8. The highest BCUT2D eigenvalue weighted by molar-refractivity contribution is 5.75. The number of nitrogen functional groups attached to an aromatic ring is 1. The third kappa shape index (κ3) is 3.18. The lowest BCUT2D eigenvalue weighted by Crippen LogP contribution is -2.40. The second-order valence-corrected chi connectivity index (χ2v) is 4.73. The summed E-state index contributed by atoms with van der Waals surface area (Å²) in [5.41, 5.74) is 5.24. The summed E-state index contributed by atoms with van der Waals surface area (Å²) in [7, 11) is 0. The molecule has 0 radical (unpaired) electrons. The van der Waals surface area contributed by atoms with Crippen LogP contribution in [-0.2, 0) is 9.53 Å². The minimum Gasteiger partial charge on any atom is -0.466 e. The molecule has 0 bridgehead atoms. The molecule has 9 nitrogen and oxygen atoms in total. The molecule has 1 fully saturated rings. The van der Waals surface area contributed by atoms with Crippen LogP contribution in [0.2, 0.25) is 0 Å². The molecule has 1 aromatic rings. The molecule has 9 heteroatoms. The van der Waals surface area contributed by atoms with E-state index in [-0.39, 0.29) is 29.2 Å². The summed E-state index contributed by atoms with van der Waals surface area (Å²) in [6.45, 7) is 2.97. The molecule has 1 unspecified atom stereocenters. The Morgan fingerprint density at radius 2 is 2.38 bits per heavy atom. The summed E-state index contributed by atoms with van der Waals surface area (Å²) in [6, 6.07) is 0. The van der Waals surface area contributed by atoms with Gasteiger partial charge >= 0.3 is 11.7 Å². The van der Waals surface area contributed by atoms with Gasteiger partial charge in [-0.2, -0.15) is 0 Å². The number of nitro groups is 1. The van der Waals surface area contributed by atoms with E-state index in [2.05, 4.69) is 9.97 Å². The van der Waals surface area contributed by atoms with Crippen LogP contribution in [0.5, 0.6) is 0 Å². The molecule has 0 aromatic carbocycles. The smallest absolute Gasteiger partial charge is 0.353 e. The van der Waals surface area contributed by atoms with Gasteiger partial charge in [-0.15, -0.1) is 0 Å². The van der Waals surface area contributed by atoms with Crippen LogP contribution in [0.3, 0.4) is 0 Å². The van der Waals surface area contributed by atoms with Gasteiger partial charge in [-0.3, -0.25) is 14.9 Å². The van der Waals surface area contributed by atoms with Gasteiger partial charge in [0.05, 0.1) is 17.4 Å². The van der Waals surface area contributed by atoms with Crippen LogP contribution in [0, 0.1) is 16.0 Å². The van der Waals surface area contributed by atoms with Crippen LogP contribution in [0.25, 0.3) is 0 Å². The molecule has 2 rings (SSSR count). The number of anilines is 2. The van der Waals surface area contributed by atoms with Crippen LogP contribution < -0.4 is 10.6 Å². The molecule has 0 amide bonds. The van der Waals surface area contributed by atoms with Crippen LogP contribution in [0.15, 0.2) is 6.33 Å². The standard InChI is InChI=1S/C12H17N5O4/c1-2-21-12(18)8-4-3-5-16(6-8)11-9(17(19)20)10(13)14-7-15-11/h7-8H,2-6H2,1H3,(H2,13,14,15). The number of nitrogens with zero attached hydrogens (tertiary/aromatic N) is 4. The first kappa shape index (κ1) is 14.9. The summed E-state index contributed by atoms with van der Waals surface area (Å²) in [4.78, 5) is 31.7. The molecule has 1 aliphatic heterocycles. The number of hydrogen-bond donors (Lipinski definition) is 1. The van der Waals surface area contributed by atoms with Crippen LogP contribution in [-0.4, -0.2) is 40.6 Å². The summed E-state index contributed by atoms with van der Waals surface area (Å²) in [6.07, 6.45) is 2.61. The third-order valence-electron chi connectivity index (χ3n) is 3.35. The van der Waals surface area contributed by atoms with E-state index in [0.29, 0.717) is 26.1 Å². The van der Waals surface area contributed by atoms with Crippen molar-refractivity contribution in [2.75, 3.05) is 30.3 Å². The van der Waals surface area contributed by atoms with Gasteiger partial charge in [0.25, 0.3) is 0 Å². The van der Waals surface area contributed by atoms with Gasteiger partial charge in [-0.1, -0.05) is 0 Å². The van der Waals surface area contributed by atoms with Crippen LogP contribution in [0.4, 0.5) is 17.3 Å². The van der Waals surface area contributed by atoms with Gasteiger partial charge in [0, 0.05) is 13.1 Å². The van der Waals surface area contributed by atoms with Crippen molar-refractivity contribution in [2.45, 2.75) is 19.8 Å². The minimum atomic E-state index is -0.599. The van der Waals surface area contributed by atoms with Crippen molar-refractivity contribution in [1.29, 1.82) is 0 Å². The van der Waals surface area contributed by atoms with Crippen LogP contribution >= 0.6 is 0 Å². The highest BCUT2D eigenvalue weighted by atomic mass is 16.6. The average Bonchev–Trinajstić information content (AvgIpc) is 2.47. The average molecular weight is 295 g/mol. The number of nitrogens with two attached hydrogens (primary N) is 1. The first-order chi connectivity index (χ1) is 10.0. The molecule has 2 heterocycles. The van der Waals surface area contributed by atoms with E-state index < -0.39 is 4.92 Å². The third-order valence-corrected chi connectivity index (χ3v) is 3.35. The second kappa shape index (κ2) is 6.33. The topological polar surface area (TPSA) is 124 Å². The van der Waals surface area contributed by atoms with Crippen LogP contribution in [0.1, 0.15) is 19.8 Å². The molecule has 0 aliphatic carbocycles. The zero-order valence-corrected chi connectivity index (χ0v) is 11.7. The molecule has 2 N–H and O–H groups in total. The van der Waals surface area contributed by atoms with Crippen molar-refractivity contribution in [3.63, 3.8) is 0 Å². The summed E-state index contributed by atoms with van der Waals surface area (Å²) < 4.78 is 5.01. The van der Waals surface area contributed by atoms with Crippen molar-refractivity contribution >= 4 is 23.3 Å². The first-order valence-corrected chi connectivity index (χ1v) is 6.71. The highest BCUT2D eigenvalue weighted by Gasteiger charge is 2.32. The number of carbonyl (C=O) groups is 1. The molecule has 1 atom stereocenters. The largest absolute Gasteiger partial charge is 0.466 e. The lowest BCUT2D eigenvalue weighted by atomic mass is 9.98. The Hall–Kier alpha value is -2.45. The van der Waals surface area contributed by atoms with E-state index in [1.165, 1.54) is 6.33 Å². The first-order valence-electron chi connectivity index (χ1n) is 6.71. The van der Waals surface area contributed by atoms with E-state index in [1.807, 2.05) is 0 Å². The lowest BCUT2D eigenvalue weighted by molar-refractivity contribution is -0.383. The normalized spacial score (nSPS) is 18.3. The number of aromatic nitrogens is 2. The van der Waals surface area contributed by atoms with Crippen molar-refractivity contribution < 1.29 is 14.5 Å². The highest BCUT2D eigenvalue weighted by Crippen LogP contribution is 2.32. The number of hydrogen-bond acceptors (Lipinski definition) is 8. The second-order valence-electron chi connectivity index (χ2n) is 4.73. The zero-order valence-electron chi connectivity index (χ0n) is 11.7. The van der Waals surface area contributed by atoms with Crippen molar-refractivity contribution in [3.8, 4) is 0 Å². The van der Waals surface area contributed by atoms with E-state index in [0.717, 1.165) is 6.42 Å². The van der Waals surface area contributed by atoms with Gasteiger partial charge in [0.15, 0.2) is 0 Å². The Kier molecular flexibility index (Phi) is 4.51. The Morgan fingerprint density at radius 3 is 3.05 bits per heavy atom. The van der Waals surface area contributed by atoms with Gasteiger partial charge in [0.2, 0.25) is 11.6 Å². The molecule has 0 spiro atoms. The van der Waals surface area contributed by atoms with E-state index in [4.69, 9.17) is 10.5 Å². The molecule has 1 aromatic heterocycles. The lowest BCUT2D eigenvalue weighted by Gasteiger charge is -2.31. The Labute approximate surface area is 121 Å². The monoisotopic (exact) mass is 295 g/mol. The van der Waals surface area contributed by atoms with E-state index >= 15 is 0 Å². The molecule has 21 heavy (non-hydrogen) atoms. The summed E-state index contributed by atoms with van der Waals surface area (Å²) in [5, 5.41) is 11.1. The van der Waals surface area contributed by atoms with Crippen molar-refractivity contribution in [2.24, 2.45) is 5.92 Å². The number of carbonyl (C=O) groups excluding carboxylic acids is 1. The van der Waals surface area contributed by atoms with E-state index in [9.17, 15) is 14.9 Å². The minimum absolute atomic E-state index is 0.154. The van der Waals surface area contributed by atoms with Gasteiger partial charge in [-0.05, 0) is 19.8 Å². The number of rotatable bonds is 4.